The second-order valence-electron chi connectivity index (χ2n) is 10.8. The zero-order valence-corrected chi connectivity index (χ0v) is 22.9. The molecule has 2 aliphatic rings. The zero-order valence-electron chi connectivity index (χ0n) is 22.9. The van der Waals surface area contributed by atoms with Gasteiger partial charge in [-0.3, -0.25) is 0 Å². The molecule has 1 aromatic carbocycles. The molecule has 3 aromatic rings. The molecule has 0 aliphatic heterocycles. The van der Waals surface area contributed by atoms with Crippen molar-refractivity contribution < 1.29 is 13.2 Å². The van der Waals surface area contributed by atoms with Crippen molar-refractivity contribution in [1.82, 2.24) is 14.6 Å². The lowest BCUT2D eigenvalue weighted by atomic mass is 9.60. The van der Waals surface area contributed by atoms with Crippen molar-refractivity contribution in [3.63, 3.8) is 0 Å². The average Bonchev–Trinajstić information content (AvgIpc) is 3.21. The third-order valence-corrected chi connectivity index (χ3v) is 8.02. The Balaban J connectivity index is 0.000000426. The summed E-state index contributed by atoms with van der Waals surface area (Å²) in [6.45, 7) is 4.88. The highest BCUT2D eigenvalue weighted by Gasteiger charge is 2.40. The summed E-state index contributed by atoms with van der Waals surface area (Å²) in [5.41, 5.74) is 5.13. The van der Waals surface area contributed by atoms with E-state index >= 15 is 4.39 Å². The van der Waals surface area contributed by atoms with Gasteiger partial charge in [-0.1, -0.05) is 25.8 Å². The largest absolute Gasteiger partial charge is 0.350 e. The van der Waals surface area contributed by atoms with E-state index < -0.39 is 12.8 Å². The van der Waals surface area contributed by atoms with E-state index in [-0.39, 0.29) is 5.82 Å². The molecule has 0 radical (unpaired) electrons. The van der Waals surface area contributed by atoms with Crippen LogP contribution in [0.1, 0.15) is 76.0 Å². The predicted molar refractivity (Wildman–Crippen MR) is 146 cm³/mol. The maximum absolute atomic E-state index is 15.0. The minimum Gasteiger partial charge on any atom is -0.350 e. The average molecular weight is 529 g/mol. The van der Waals surface area contributed by atoms with Crippen LogP contribution in [0.4, 0.5) is 24.8 Å². The number of benzene rings is 1. The van der Waals surface area contributed by atoms with Gasteiger partial charge in [0.2, 0.25) is 5.95 Å². The maximum Gasteiger partial charge on any atom is 0.241 e. The number of aromatic nitrogens is 3. The monoisotopic (exact) mass is 528 g/mol. The van der Waals surface area contributed by atoms with Crippen molar-refractivity contribution in [3.8, 4) is 11.1 Å². The lowest BCUT2D eigenvalue weighted by molar-refractivity contribution is 0.0729. The van der Waals surface area contributed by atoms with Crippen LogP contribution in [0.25, 0.3) is 16.6 Å². The molecule has 1 spiro atoms. The summed E-state index contributed by atoms with van der Waals surface area (Å²) in [4.78, 5) is 4.69. The number of alkyl halides is 2. The predicted octanol–water partition coefficient (Wildman–Crippen LogP) is 8.48. The highest BCUT2D eigenvalue weighted by molar-refractivity contribution is 5.84. The molecule has 6 nitrogen and oxygen atoms in total. The van der Waals surface area contributed by atoms with E-state index in [9.17, 15) is 8.78 Å². The van der Waals surface area contributed by atoms with Crippen LogP contribution in [0.2, 0.25) is 0 Å². The van der Waals surface area contributed by atoms with E-state index in [0.717, 1.165) is 41.8 Å². The van der Waals surface area contributed by atoms with Gasteiger partial charge < -0.3 is 5.32 Å². The van der Waals surface area contributed by atoms with Crippen molar-refractivity contribution in [2.75, 3.05) is 19.0 Å². The van der Waals surface area contributed by atoms with Crippen LogP contribution in [0.15, 0.2) is 34.6 Å². The van der Waals surface area contributed by atoms with Crippen molar-refractivity contribution >= 4 is 17.2 Å². The first kappa shape index (κ1) is 28.0. The molecule has 5 rings (SSSR count). The number of hydrogen-bond acceptors (Lipinski definition) is 5. The normalized spacial score (nSPS) is 17.9. The fraction of sp³-hybridized carbons (Fsp3) is 0.586. The number of nitrogens with zero attached hydrogens (tertiary/aromatic N) is 5. The summed E-state index contributed by atoms with van der Waals surface area (Å²) in [7, 11) is 1.64. The number of aryl methyl sites for hydroxylation is 2. The Morgan fingerprint density at radius 1 is 1.18 bits per heavy atom. The molecule has 2 aromatic heterocycles. The molecule has 0 saturated heterocycles. The fourth-order valence-electron chi connectivity index (χ4n) is 5.72. The highest BCUT2D eigenvalue weighted by Crippen LogP contribution is 2.51. The molecular formula is C29H39F3N6. The Kier molecular flexibility index (Phi) is 9.05. The molecule has 0 bridgehead atoms. The third-order valence-electron chi connectivity index (χ3n) is 8.02. The van der Waals surface area contributed by atoms with Crippen LogP contribution in [0.3, 0.4) is 0 Å². The van der Waals surface area contributed by atoms with Crippen LogP contribution >= 0.6 is 0 Å². The van der Waals surface area contributed by atoms with Crippen molar-refractivity contribution in [2.24, 2.45) is 15.6 Å². The number of rotatable bonds is 7. The molecule has 9 heteroatoms. The standard InChI is InChI=1S/C24H29FN6.C5H10F2/c1-15-13-17(5-6-20(15)29-26-3)21-19(25)14-31-22(21)16(2)27-23(30-31)28-18-7-11-24(12-8-18)9-4-10-24;1-2-3-5(7)4-6/h5-6,13-14,18H,4,7-12H2,1-3H3,(H,28,30);5H,2-4H2,1H3. The molecule has 38 heavy (non-hydrogen) atoms. The number of anilines is 1. The number of nitrogens with one attached hydrogen (secondary N) is 1. The number of fused-ring (bicyclic) bond motifs is 1. The topological polar surface area (TPSA) is 66.9 Å². The van der Waals surface area contributed by atoms with Crippen LogP contribution in [0, 0.1) is 25.1 Å². The van der Waals surface area contributed by atoms with Crippen LogP contribution < -0.4 is 5.32 Å². The van der Waals surface area contributed by atoms with Crippen LogP contribution in [0.5, 0.6) is 0 Å². The first-order chi connectivity index (χ1) is 18.3. The van der Waals surface area contributed by atoms with Gasteiger partial charge in [-0.2, -0.15) is 10.2 Å². The number of azo groups is 1. The first-order valence-corrected chi connectivity index (χ1v) is 13.7. The van der Waals surface area contributed by atoms with E-state index in [2.05, 4.69) is 20.6 Å². The van der Waals surface area contributed by atoms with Gasteiger partial charge in [0.25, 0.3) is 0 Å². The summed E-state index contributed by atoms with van der Waals surface area (Å²) in [5, 5.41) is 16.1. The Labute approximate surface area is 223 Å². The van der Waals surface area contributed by atoms with E-state index in [1.807, 2.05) is 39.0 Å². The molecule has 206 valence electrons. The van der Waals surface area contributed by atoms with E-state index in [1.165, 1.54) is 38.3 Å². The lowest BCUT2D eigenvalue weighted by Crippen LogP contribution is -2.38. The van der Waals surface area contributed by atoms with Crippen molar-refractivity contribution in [3.05, 3.63) is 41.5 Å². The molecule has 1 unspecified atom stereocenters. The number of hydrogen-bond donors (Lipinski definition) is 1. The van der Waals surface area contributed by atoms with Crippen LogP contribution in [-0.4, -0.2) is 40.5 Å². The second kappa shape index (κ2) is 12.3. The van der Waals surface area contributed by atoms with Gasteiger partial charge >= 0.3 is 0 Å². The third kappa shape index (κ3) is 6.18. The first-order valence-electron chi connectivity index (χ1n) is 13.7. The minimum atomic E-state index is -1.22. The van der Waals surface area contributed by atoms with E-state index in [1.54, 1.807) is 11.6 Å². The summed E-state index contributed by atoms with van der Waals surface area (Å²) in [5.74, 6) is 0.277. The second-order valence-corrected chi connectivity index (χ2v) is 10.8. The number of halogens is 3. The lowest BCUT2D eigenvalue weighted by Gasteiger charge is -2.47. The Bertz CT molecular complexity index is 1260. The van der Waals surface area contributed by atoms with Gasteiger partial charge in [0, 0.05) is 18.7 Å². The molecule has 2 saturated carbocycles. The summed E-state index contributed by atoms with van der Waals surface area (Å²) in [6, 6.07) is 6.07. The molecule has 0 amide bonds. The maximum atomic E-state index is 15.0. The molecule has 1 N–H and O–H groups in total. The fourth-order valence-corrected chi connectivity index (χ4v) is 5.72. The van der Waals surface area contributed by atoms with Gasteiger partial charge in [-0.05, 0) is 87.5 Å². The van der Waals surface area contributed by atoms with Crippen LogP contribution in [-0.2, 0) is 0 Å². The Morgan fingerprint density at radius 3 is 2.47 bits per heavy atom. The Morgan fingerprint density at radius 2 is 1.92 bits per heavy atom. The van der Waals surface area contributed by atoms with Gasteiger partial charge in [0.15, 0.2) is 5.82 Å². The SMILES string of the molecule is CCCC(F)CF.CN=Nc1ccc(-c2c(F)cn3nc(NC4CCC5(CCC5)CC4)nc(C)c23)cc1C. The summed E-state index contributed by atoms with van der Waals surface area (Å²) in [6.07, 6.45) is 10.4. The van der Waals surface area contributed by atoms with Crippen molar-refractivity contribution in [2.45, 2.75) is 90.8 Å². The van der Waals surface area contributed by atoms with Crippen molar-refractivity contribution in [1.29, 1.82) is 0 Å². The van der Waals surface area contributed by atoms with Gasteiger partial charge in [0.05, 0.1) is 23.1 Å². The van der Waals surface area contributed by atoms with Gasteiger partial charge in [0.1, 0.15) is 12.8 Å². The quantitative estimate of drug-likeness (QED) is 0.313. The Hall–Kier alpha value is -2.97. The minimum absolute atomic E-state index is 0.302. The smallest absolute Gasteiger partial charge is 0.241 e. The zero-order chi connectivity index (χ0) is 27.3. The van der Waals surface area contributed by atoms with E-state index in [4.69, 9.17) is 4.98 Å². The molecule has 2 aliphatic carbocycles. The van der Waals surface area contributed by atoms with Gasteiger partial charge in [-0.15, -0.1) is 5.10 Å². The summed E-state index contributed by atoms with van der Waals surface area (Å²) >= 11 is 0. The van der Waals surface area contributed by atoms with E-state index in [0.29, 0.717) is 34.9 Å². The molecule has 2 heterocycles. The molecular weight excluding hydrogens is 489 g/mol. The highest BCUT2D eigenvalue weighted by atomic mass is 19.2. The van der Waals surface area contributed by atoms with Gasteiger partial charge in [-0.25, -0.2) is 22.7 Å². The summed E-state index contributed by atoms with van der Waals surface area (Å²) < 4.78 is 39.6. The molecule has 1 atom stereocenters. The molecule has 2 fully saturated rings.